The van der Waals surface area contributed by atoms with E-state index in [2.05, 4.69) is 0 Å². The molecule has 0 fully saturated rings. The van der Waals surface area contributed by atoms with Gasteiger partial charge in [0.05, 0.1) is 5.54 Å². The number of aryl methyl sites for hydroxylation is 1. The first-order valence-electron chi connectivity index (χ1n) is 6.54. The largest absolute Gasteiger partial charge is 0.315 e. The van der Waals surface area contributed by atoms with E-state index >= 15 is 0 Å². The summed E-state index contributed by atoms with van der Waals surface area (Å²) in [5, 5.41) is 0. The van der Waals surface area contributed by atoms with Crippen molar-refractivity contribution in [1.29, 1.82) is 0 Å². The van der Waals surface area contributed by atoms with Gasteiger partial charge in [-0.2, -0.15) is 0 Å². The van der Waals surface area contributed by atoms with Crippen molar-refractivity contribution in [3.05, 3.63) is 71.0 Å². The number of rotatable bonds is 4. The van der Waals surface area contributed by atoms with Gasteiger partial charge in [-0.3, -0.25) is 4.79 Å². The lowest BCUT2D eigenvalue weighted by molar-refractivity contribution is -0.123. The quantitative estimate of drug-likeness (QED) is 0.928. The van der Waals surface area contributed by atoms with Gasteiger partial charge < -0.3 is 5.73 Å². The van der Waals surface area contributed by atoms with Gasteiger partial charge in [0.2, 0.25) is 0 Å². The number of carbonyl (C=O) groups excluding carboxylic acids is 1. The lowest BCUT2D eigenvalue weighted by Gasteiger charge is -2.24. The summed E-state index contributed by atoms with van der Waals surface area (Å²) < 4.78 is 13.1. The predicted octanol–water partition coefficient (Wildman–Crippen LogP) is 3.12. The van der Waals surface area contributed by atoms with Crippen molar-refractivity contribution in [3.8, 4) is 0 Å². The highest BCUT2D eigenvalue weighted by atomic mass is 19.1. The summed E-state index contributed by atoms with van der Waals surface area (Å²) in [5.41, 5.74) is 7.50. The molecule has 0 heterocycles. The maximum atomic E-state index is 13.1. The molecule has 0 aliphatic carbocycles. The van der Waals surface area contributed by atoms with Crippen LogP contribution in [0.25, 0.3) is 0 Å². The lowest BCUT2D eigenvalue weighted by atomic mass is 9.85. The predicted molar refractivity (Wildman–Crippen MR) is 77.8 cm³/mol. The molecule has 0 spiro atoms. The van der Waals surface area contributed by atoms with E-state index in [1.54, 1.807) is 19.9 Å². The molecule has 2 N–H and O–H groups in total. The highest BCUT2D eigenvalue weighted by Crippen LogP contribution is 2.21. The molecule has 0 amide bonds. The van der Waals surface area contributed by atoms with Crippen molar-refractivity contribution in [2.24, 2.45) is 5.73 Å². The first-order valence-corrected chi connectivity index (χ1v) is 6.54. The van der Waals surface area contributed by atoms with E-state index in [1.807, 2.05) is 30.3 Å². The standard InChI is InChI=1S/C17H18FNO/c1-12-10-15(18)9-8-13(12)11-16(20)17(2,19)14-6-4-3-5-7-14/h3-10H,11,19H2,1-2H3. The summed E-state index contributed by atoms with van der Waals surface area (Å²) in [6, 6.07) is 13.7. The van der Waals surface area contributed by atoms with Crippen LogP contribution in [-0.2, 0) is 16.8 Å². The fraction of sp³-hybridized carbons (Fsp3) is 0.235. The van der Waals surface area contributed by atoms with E-state index in [1.165, 1.54) is 12.1 Å². The molecule has 2 aromatic rings. The summed E-state index contributed by atoms with van der Waals surface area (Å²) in [5.74, 6) is -0.379. The van der Waals surface area contributed by atoms with Crippen molar-refractivity contribution in [2.75, 3.05) is 0 Å². The number of benzene rings is 2. The molecule has 1 atom stereocenters. The molecule has 1 unspecified atom stereocenters. The third-order valence-electron chi connectivity index (χ3n) is 3.61. The second-order valence-corrected chi connectivity index (χ2v) is 5.24. The van der Waals surface area contributed by atoms with Crippen LogP contribution >= 0.6 is 0 Å². The van der Waals surface area contributed by atoms with Crippen LogP contribution in [0, 0.1) is 12.7 Å². The highest BCUT2D eigenvalue weighted by Gasteiger charge is 2.30. The molecule has 2 aromatic carbocycles. The van der Waals surface area contributed by atoms with Gasteiger partial charge in [-0.05, 0) is 42.7 Å². The zero-order valence-electron chi connectivity index (χ0n) is 11.7. The van der Waals surface area contributed by atoms with Gasteiger partial charge in [-0.25, -0.2) is 4.39 Å². The SMILES string of the molecule is Cc1cc(F)ccc1CC(=O)C(C)(N)c1ccccc1. The van der Waals surface area contributed by atoms with E-state index in [0.717, 1.165) is 16.7 Å². The van der Waals surface area contributed by atoms with Crippen LogP contribution in [0.3, 0.4) is 0 Å². The zero-order valence-corrected chi connectivity index (χ0v) is 11.7. The second kappa shape index (κ2) is 5.55. The van der Waals surface area contributed by atoms with Crippen molar-refractivity contribution >= 4 is 5.78 Å². The average molecular weight is 271 g/mol. The maximum absolute atomic E-state index is 13.1. The molecular formula is C17H18FNO. The van der Waals surface area contributed by atoms with Gasteiger partial charge >= 0.3 is 0 Å². The van der Waals surface area contributed by atoms with Crippen LogP contribution in [0.2, 0.25) is 0 Å². The first-order chi connectivity index (χ1) is 9.41. The van der Waals surface area contributed by atoms with Gasteiger partial charge in [0.25, 0.3) is 0 Å². The zero-order chi connectivity index (χ0) is 14.8. The van der Waals surface area contributed by atoms with Gasteiger partial charge in [0, 0.05) is 6.42 Å². The van der Waals surface area contributed by atoms with Crippen molar-refractivity contribution in [1.82, 2.24) is 0 Å². The fourth-order valence-corrected chi connectivity index (χ4v) is 2.16. The maximum Gasteiger partial charge on any atom is 0.161 e. The Hall–Kier alpha value is -2.00. The highest BCUT2D eigenvalue weighted by molar-refractivity contribution is 5.90. The van der Waals surface area contributed by atoms with Gasteiger partial charge in [-0.1, -0.05) is 36.4 Å². The second-order valence-electron chi connectivity index (χ2n) is 5.24. The average Bonchev–Trinajstić information content (AvgIpc) is 2.42. The van der Waals surface area contributed by atoms with E-state index in [4.69, 9.17) is 5.73 Å². The topological polar surface area (TPSA) is 43.1 Å². The molecule has 0 radical (unpaired) electrons. The molecule has 0 saturated heterocycles. The number of carbonyl (C=O) groups is 1. The fourth-order valence-electron chi connectivity index (χ4n) is 2.16. The van der Waals surface area contributed by atoms with Gasteiger partial charge in [0.1, 0.15) is 5.82 Å². The lowest BCUT2D eigenvalue weighted by Crippen LogP contribution is -2.42. The van der Waals surface area contributed by atoms with Crippen molar-refractivity contribution < 1.29 is 9.18 Å². The van der Waals surface area contributed by atoms with Crippen LogP contribution < -0.4 is 5.73 Å². The molecule has 3 heteroatoms. The van der Waals surface area contributed by atoms with E-state index in [-0.39, 0.29) is 18.0 Å². The number of Topliss-reactive ketones (excluding diaryl/α,β-unsaturated/α-hetero) is 1. The molecule has 20 heavy (non-hydrogen) atoms. The molecule has 0 saturated carbocycles. The number of hydrogen-bond acceptors (Lipinski definition) is 2. The van der Waals surface area contributed by atoms with Crippen molar-refractivity contribution in [3.63, 3.8) is 0 Å². The minimum absolute atomic E-state index is 0.0848. The Bertz CT molecular complexity index is 620. The summed E-state index contributed by atoms with van der Waals surface area (Å²) in [7, 11) is 0. The minimum atomic E-state index is -1.04. The molecule has 0 bridgehead atoms. The van der Waals surface area contributed by atoms with E-state index < -0.39 is 5.54 Å². The Balaban J connectivity index is 2.23. The third kappa shape index (κ3) is 2.94. The Morgan fingerprint density at radius 1 is 1.20 bits per heavy atom. The summed E-state index contributed by atoms with van der Waals surface area (Å²) in [6.07, 6.45) is 0.202. The van der Waals surface area contributed by atoms with Gasteiger partial charge in [-0.15, -0.1) is 0 Å². The first kappa shape index (κ1) is 14.4. The Morgan fingerprint density at radius 3 is 2.45 bits per heavy atom. The van der Waals surface area contributed by atoms with Crippen LogP contribution in [0.4, 0.5) is 4.39 Å². The normalized spacial score (nSPS) is 13.8. The Labute approximate surface area is 118 Å². The minimum Gasteiger partial charge on any atom is -0.315 e. The summed E-state index contributed by atoms with van der Waals surface area (Å²) >= 11 is 0. The molecule has 2 rings (SSSR count). The Kier molecular flexibility index (Phi) is 4.00. The number of halogens is 1. The monoisotopic (exact) mass is 271 g/mol. The summed E-state index contributed by atoms with van der Waals surface area (Å²) in [6.45, 7) is 3.51. The van der Waals surface area contributed by atoms with Crippen LogP contribution in [-0.4, -0.2) is 5.78 Å². The van der Waals surface area contributed by atoms with Crippen LogP contribution in [0.1, 0.15) is 23.6 Å². The molecule has 104 valence electrons. The smallest absolute Gasteiger partial charge is 0.161 e. The van der Waals surface area contributed by atoms with Crippen molar-refractivity contribution in [2.45, 2.75) is 25.8 Å². The van der Waals surface area contributed by atoms with E-state index in [0.29, 0.717) is 0 Å². The molecule has 0 aliphatic rings. The Morgan fingerprint density at radius 2 is 1.85 bits per heavy atom. The van der Waals surface area contributed by atoms with E-state index in [9.17, 15) is 9.18 Å². The van der Waals surface area contributed by atoms with Crippen LogP contribution in [0.5, 0.6) is 0 Å². The van der Waals surface area contributed by atoms with Gasteiger partial charge in [0.15, 0.2) is 5.78 Å². The number of hydrogen-bond donors (Lipinski definition) is 1. The molecular weight excluding hydrogens is 253 g/mol. The molecule has 2 nitrogen and oxygen atoms in total. The third-order valence-corrected chi connectivity index (χ3v) is 3.61. The number of nitrogens with two attached hydrogens (primary N) is 1. The number of ketones is 1. The molecule has 0 aliphatic heterocycles. The summed E-state index contributed by atoms with van der Waals surface area (Å²) in [4.78, 5) is 12.5. The molecule has 0 aromatic heterocycles. The van der Waals surface area contributed by atoms with Crippen LogP contribution in [0.15, 0.2) is 48.5 Å².